The second kappa shape index (κ2) is 15.7. The first-order chi connectivity index (χ1) is 20.6. The summed E-state index contributed by atoms with van der Waals surface area (Å²) in [6.07, 6.45) is 20.9. The fourth-order valence-corrected chi connectivity index (χ4v) is 9.96. The molecular weight excluding hydrogens is 534 g/mol. The number of amides is 1. The van der Waals surface area contributed by atoms with E-state index in [0.29, 0.717) is 31.6 Å². The maximum atomic E-state index is 12.9. The molecule has 0 aromatic rings. The van der Waals surface area contributed by atoms with Gasteiger partial charge in [0.1, 0.15) is 6.10 Å². The highest BCUT2D eigenvalue weighted by Crippen LogP contribution is 2.66. The fraction of sp³-hybridized carbons (Fsp3) is 0.892. The molecule has 6 nitrogen and oxygen atoms in total. The molecule has 7 atom stereocenters. The van der Waals surface area contributed by atoms with Crippen LogP contribution in [0.5, 0.6) is 0 Å². The molecule has 0 aromatic carbocycles. The van der Waals surface area contributed by atoms with Gasteiger partial charge in [-0.15, -0.1) is 0 Å². The molecule has 1 amide bonds. The third-order valence-corrected chi connectivity index (χ3v) is 12.5. The number of unbranched alkanes of at least 4 members (excludes halogenated alkanes) is 2. The monoisotopic (exact) mass is 600 g/mol. The molecule has 0 aliphatic heterocycles. The summed E-state index contributed by atoms with van der Waals surface area (Å²) < 4.78 is 6.01. The van der Waals surface area contributed by atoms with Gasteiger partial charge >= 0.3 is 5.97 Å². The molecule has 246 valence electrons. The molecule has 0 heterocycles. The first kappa shape index (κ1) is 34.5. The van der Waals surface area contributed by atoms with Crippen molar-refractivity contribution >= 4 is 11.9 Å². The van der Waals surface area contributed by atoms with Gasteiger partial charge in [0.2, 0.25) is 5.91 Å². The SMILES string of the molecule is CC(C)CCCCC1CCC2C3CC=C4CC(OC(=O)CCC(=O)N(CCCN)CCCCN)CCC4(C)C3CCC12C. The molecule has 4 aliphatic rings. The van der Waals surface area contributed by atoms with Gasteiger partial charge in [-0.2, -0.15) is 0 Å². The number of esters is 1. The van der Waals surface area contributed by atoms with Crippen LogP contribution in [0.15, 0.2) is 11.6 Å². The summed E-state index contributed by atoms with van der Waals surface area (Å²) >= 11 is 0. The first-order valence-corrected chi connectivity index (χ1v) is 18.2. The predicted octanol–water partition coefficient (Wildman–Crippen LogP) is 7.39. The van der Waals surface area contributed by atoms with Crippen molar-refractivity contribution in [2.75, 3.05) is 26.2 Å². The average molecular weight is 600 g/mol. The number of allylic oxidation sites excluding steroid dienone is 1. The zero-order chi connectivity index (χ0) is 31.0. The van der Waals surface area contributed by atoms with Crippen LogP contribution in [0.4, 0.5) is 0 Å². The summed E-state index contributed by atoms with van der Waals surface area (Å²) in [5.74, 6) is 4.02. The number of hydrogen-bond donors (Lipinski definition) is 2. The van der Waals surface area contributed by atoms with E-state index >= 15 is 0 Å². The van der Waals surface area contributed by atoms with Crippen molar-refractivity contribution in [1.29, 1.82) is 0 Å². The van der Waals surface area contributed by atoms with Crippen LogP contribution in [0, 0.1) is 40.4 Å². The van der Waals surface area contributed by atoms with Gasteiger partial charge in [-0.1, -0.05) is 58.6 Å². The van der Waals surface area contributed by atoms with Crippen molar-refractivity contribution in [3.8, 4) is 0 Å². The number of nitrogens with zero attached hydrogens (tertiary/aromatic N) is 1. The van der Waals surface area contributed by atoms with Gasteiger partial charge in [-0.3, -0.25) is 9.59 Å². The molecule has 4 aliphatic carbocycles. The number of fused-ring (bicyclic) bond motifs is 5. The van der Waals surface area contributed by atoms with Crippen LogP contribution in [0.1, 0.15) is 137 Å². The normalized spacial score (nSPS) is 33.4. The molecule has 0 spiro atoms. The smallest absolute Gasteiger partial charge is 0.306 e. The molecule has 7 unspecified atom stereocenters. The number of nitrogens with two attached hydrogens (primary N) is 2. The van der Waals surface area contributed by atoms with E-state index < -0.39 is 0 Å². The van der Waals surface area contributed by atoms with Crippen LogP contribution in [0.3, 0.4) is 0 Å². The summed E-state index contributed by atoms with van der Waals surface area (Å²) in [5, 5.41) is 0. The van der Waals surface area contributed by atoms with Crippen LogP contribution in [0.2, 0.25) is 0 Å². The van der Waals surface area contributed by atoms with Crippen molar-refractivity contribution in [3.63, 3.8) is 0 Å². The molecule has 43 heavy (non-hydrogen) atoms. The van der Waals surface area contributed by atoms with Crippen molar-refractivity contribution in [2.24, 2.45) is 51.9 Å². The maximum absolute atomic E-state index is 12.9. The quantitative estimate of drug-likeness (QED) is 0.109. The molecule has 0 aromatic heterocycles. The van der Waals surface area contributed by atoms with Crippen LogP contribution < -0.4 is 11.5 Å². The van der Waals surface area contributed by atoms with Crippen molar-refractivity contribution < 1.29 is 14.3 Å². The van der Waals surface area contributed by atoms with E-state index in [0.717, 1.165) is 68.1 Å². The molecule has 3 saturated carbocycles. The molecule has 4 N–H and O–H groups in total. The molecule has 6 heteroatoms. The average Bonchev–Trinajstić information content (AvgIpc) is 3.32. The highest BCUT2D eigenvalue weighted by Gasteiger charge is 2.58. The van der Waals surface area contributed by atoms with Gasteiger partial charge in [-0.25, -0.2) is 0 Å². The molecule has 0 bridgehead atoms. The lowest BCUT2D eigenvalue weighted by molar-refractivity contribution is -0.153. The summed E-state index contributed by atoms with van der Waals surface area (Å²) in [7, 11) is 0. The minimum Gasteiger partial charge on any atom is -0.462 e. The molecule has 0 saturated heterocycles. The van der Waals surface area contributed by atoms with Crippen LogP contribution in [-0.4, -0.2) is 49.1 Å². The Hall–Kier alpha value is -1.40. The highest BCUT2D eigenvalue weighted by atomic mass is 16.5. The Morgan fingerprint density at radius 2 is 1.70 bits per heavy atom. The topological polar surface area (TPSA) is 98.7 Å². The molecule has 3 fully saturated rings. The number of carbonyl (C=O) groups is 2. The maximum Gasteiger partial charge on any atom is 0.306 e. The van der Waals surface area contributed by atoms with E-state index in [1.165, 1.54) is 57.8 Å². The van der Waals surface area contributed by atoms with Crippen LogP contribution in [0.25, 0.3) is 0 Å². The number of hydrogen-bond acceptors (Lipinski definition) is 5. The van der Waals surface area contributed by atoms with Crippen LogP contribution in [-0.2, 0) is 14.3 Å². The van der Waals surface area contributed by atoms with Crippen LogP contribution >= 0.6 is 0 Å². The summed E-state index contributed by atoms with van der Waals surface area (Å²) in [6.45, 7) is 12.4. The minimum atomic E-state index is -0.226. The van der Waals surface area contributed by atoms with Gasteiger partial charge in [0.05, 0.1) is 6.42 Å². The number of rotatable bonds is 16. The van der Waals surface area contributed by atoms with E-state index in [1.54, 1.807) is 5.57 Å². The third-order valence-electron chi connectivity index (χ3n) is 12.5. The predicted molar refractivity (Wildman–Crippen MR) is 176 cm³/mol. The van der Waals surface area contributed by atoms with Gasteiger partial charge in [0, 0.05) is 25.9 Å². The Labute approximate surface area is 263 Å². The summed E-state index contributed by atoms with van der Waals surface area (Å²) in [6, 6.07) is 0. The Kier molecular flexibility index (Phi) is 12.6. The van der Waals surface area contributed by atoms with Crippen molar-refractivity contribution in [3.05, 3.63) is 11.6 Å². The number of carbonyl (C=O) groups excluding carboxylic acids is 2. The molecule has 0 radical (unpaired) electrons. The van der Waals surface area contributed by atoms with Gasteiger partial charge in [0.25, 0.3) is 0 Å². The molecular formula is C37H65N3O3. The van der Waals surface area contributed by atoms with E-state index in [4.69, 9.17) is 16.2 Å². The van der Waals surface area contributed by atoms with E-state index in [9.17, 15) is 9.59 Å². The summed E-state index contributed by atoms with van der Waals surface area (Å²) in [4.78, 5) is 27.5. The zero-order valence-corrected chi connectivity index (χ0v) is 28.2. The number of ether oxygens (including phenoxy) is 1. The second-order valence-electron chi connectivity index (χ2n) is 15.6. The highest BCUT2D eigenvalue weighted by molar-refractivity contribution is 5.81. The van der Waals surface area contributed by atoms with E-state index in [1.807, 2.05) is 4.90 Å². The van der Waals surface area contributed by atoms with Crippen molar-refractivity contribution in [2.45, 2.75) is 143 Å². The van der Waals surface area contributed by atoms with Gasteiger partial charge in [-0.05, 0) is 124 Å². The van der Waals surface area contributed by atoms with Gasteiger partial charge < -0.3 is 21.1 Å². The van der Waals surface area contributed by atoms with E-state index in [2.05, 4.69) is 33.8 Å². The Balaban J connectivity index is 1.28. The Morgan fingerprint density at radius 3 is 2.44 bits per heavy atom. The zero-order valence-electron chi connectivity index (χ0n) is 28.2. The standard InChI is InChI=1S/C37H65N3O3/c1-27(2)10-5-6-11-28-13-15-32-31-14-12-29-26-30(18-20-37(29,4)33(31)19-21-36(28,32)3)43-35(42)17-16-34(41)40(25-9-23-39)24-8-7-22-38/h12,27-28,30-33H,5-11,13-26,38-39H2,1-4H3. The second-order valence-corrected chi connectivity index (χ2v) is 15.6. The lowest BCUT2D eigenvalue weighted by Crippen LogP contribution is -2.50. The third kappa shape index (κ3) is 8.26. The summed E-state index contributed by atoms with van der Waals surface area (Å²) in [5.41, 5.74) is 13.6. The first-order valence-electron chi connectivity index (χ1n) is 18.2. The molecule has 4 rings (SSSR count). The Morgan fingerprint density at radius 1 is 0.930 bits per heavy atom. The largest absolute Gasteiger partial charge is 0.462 e. The van der Waals surface area contributed by atoms with E-state index in [-0.39, 0.29) is 36.2 Å². The lowest BCUT2D eigenvalue weighted by atomic mass is 9.47. The lowest BCUT2D eigenvalue weighted by Gasteiger charge is -2.58. The van der Waals surface area contributed by atoms with Crippen molar-refractivity contribution in [1.82, 2.24) is 4.90 Å². The Bertz CT molecular complexity index is 949. The van der Waals surface area contributed by atoms with Gasteiger partial charge in [0.15, 0.2) is 0 Å². The minimum absolute atomic E-state index is 0.0219. The fourth-order valence-electron chi connectivity index (χ4n) is 9.96.